The number of aryl methyl sites for hydroxylation is 1. The average Bonchev–Trinajstić information content (AvgIpc) is 2.31. The predicted octanol–water partition coefficient (Wildman–Crippen LogP) is 0.818. The molecule has 2 aromatic rings. The maximum absolute atomic E-state index is 13.2. The predicted molar refractivity (Wildman–Crippen MR) is 59.0 cm³/mol. The minimum Gasteiger partial charge on any atom is -0.492 e. The van der Waals surface area contributed by atoms with Crippen molar-refractivity contribution in [2.45, 2.75) is 6.92 Å². The summed E-state index contributed by atoms with van der Waals surface area (Å²) in [6.07, 6.45) is 0. The number of halogens is 2. The summed E-state index contributed by atoms with van der Waals surface area (Å²) in [7, 11) is 0. The van der Waals surface area contributed by atoms with Gasteiger partial charge in [0.05, 0.1) is 5.69 Å². The summed E-state index contributed by atoms with van der Waals surface area (Å²) >= 11 is 0. The van der Waals surface area contributed by atoms with E-state index in [-0.39, 0.29) is 11.3 Å². The molecule has 0 saturated carbocycles. The third-order valence-corrected chi connectivity index (χ3v) is 2.43. The molecule has 1 aromatic carbocycles. The summed E-state index contributed by atoms with van der Waals surface area (Å²) in [6, 6.07) is 3.50. The van der Waals surface area contributed by atoms with Gasteiger partial charge in [0.2, 0.25) is 11.7 Å². The molecular formula is C11H8F2N2O3. The first-order chi connectivity index (χ1) is 8.41. The van der Waals surface area contributed by atoms with E-state index in [0.717, 1.165) is 6.07 Å². The second-order valence-corrected chi connectivity index (χ2v) is 3.67. The molecule has 0 aliphatic rings. The molecule has 5 nitrogen and oxygen atoms in total. The van der Waals surface area contributed by atoms with Gasteiger partial charge >= 0.3 is 5.69 Å². The van der Waals surface area contributed by atoms with Gasteiger partial charge in [-0.15, -0.1) is 0 Å². The molecule has 0 atom stereocenters. The number of hydrogen-bond donors (Lipinski definition) is 2. The fraction of sp³-hybridized carbons (Fsp3) is 0.0909. The van der Waals surface area contributed by atoms with Crippen LogP contribution in [-0.4, -0.2) is 14.7 Å². The SMILES string of the molecule is Cc1cc(-n2c(O)c(F)c(=O)[nH]c2=O)ccc1F. The van der Waals surface area contributed by atoms with Crippen molar-refractivity contribution in [3.63, 3.8) is 0 Å². The summed E-state index contributed by atoms with van der Waals surface area (Å²) in [4.78, 5) is 24.1. The number of hydrogen-bond acceptors (Lipinski definition) is 3. The number of rotatable bonds is 1. The van der Waals surface area contributed by atoms with Gasteiger partial charge in [-0.05, 0) is 30.7 Å². The monoisotopic (exact) mass is 254 g/mol. The molecule has 2 N–H and O–H groups in total. The summed E-state index contributed by atoms with van der Waals surface area (Å²) in [5, 5.41) is 9.45. The Morgan fingerprint density at radius 1 is 1.28 bits per heavy atom. The maximum atomic E-state index is 13.2. The normalized spacial score (nSPS) is 10.6. The van der Waals surface area contributed by atoms with Gasteiger partial charge in [0.15, 0.2) is 0 Å². The lowest BCUT2D eigenvalue weighted by molar-refractivity contribution is 0.386. The van der Waals surface area contributed by atoms with Crippen molar-refractivity contribution in [2.24, 2.45) is 0 Å². The molecule has 94 valence electrons. The molecule has 0 saturated heterocycles. The highest BCUT2D eigenvalue weighted by Crippen LogP contribution is 2.17. The van der Waals surface area contributed by atoms with E-state index >= 15 is 0 Å². The van der Waals surface area contributed by atoms with Crippen molar-refractivity contribution < 1.29 is 13.9 Å². The molecule has 18 heavy (non-hydrogen) atoms. The number of nitrogens with one attached hydrogen (secondary N) is 1. The van der Waals surface area contributed by atoms with E-state index in [9.17, 15) is 23.5 Å². The molecular weight excluding hydrogens is 246 g/mol. The minimum absolute atomic E-state index is 0.0477. The van der Waals surface area contributed by atoms with Crippen LogP contribution in [0.5, 0.6) is 5.88 Å². The Morgan fingerprint density at radius 3 is 2.56 bits per heavy atom. The van der Waals surface area contributed by atoms with Crippen molar-refractivity contribution >= 4 is 0 Å². The molecule has 2 rings (SSSR count). The smallest absolute Gasteiger partial charge is 0.335 e. The van der Waals surface area contributed by atoms with E-state index in [1.165, 1.54) is 19.1 Å². The third-order valence-electron chi connectivity index (χ3n) is 2.43. The van der Waals surface area contributed by atoms with E-state index < -0.39 is 28.8 Å². The first-order valence-corrected chi connectivity index (χ1v) is 4.92. The van der Waals surface area contributed by atoms with E-state index in [4.69, 9.17) is 0 Å². The van der Waals surface area contributed by atoms with Crippen molar-refractivity contribution in [2.75, 3.05) is 0 Å². The van der Waals surface area contributed by atoms with Crippen molar-refractivity contribution in [3.05, 3.63) is 56.2 Å². The molecule has 0 radical (unpaired) electrons. The lowest BCUT2D eigenvalue weighted by atomic mass is 10.2. The van der Waals surface area contributed by atoms with Crippen molar-refractivity contribution in [3.8, 4) is 11.6 Å². The highest BCUT2D eigenvalue weighted by atomic mass is 19.1. The highest BCUT2D eigenvalue weighted by molar-refractivity contribution is 5.39. The molecule has 0 spiro atoms. The largest absolute Gasteiger partial charge is 0.492 e. The molecule has 0 bridgehead atoms. The highest BCUT2D eigenvalue weighted by Gasteiger charge is 2.15. The molecule has 0 aliphatic heterocycles. The van der Waals surface area contributed by atoms with E-state index in [2.05, 4.69) is 0 Å². The summed E-state index contributed by atoms with van der Waals surface area (Å²) in [6.45, 7) is 1.45. The fourth-order valence-electron chi connectivity index (χ4n) is 1.51. The Balaban J connectivity index is 2.79. The zero-order valence-electron chi connectivity index (χ0n) is 9.20. The first kappa shape index (κ1) is 12.0. The molecule has 1 aromatic heterocycles. The number of aromatic amines is 1. The number of aromatic nitrogens is 2. The lowest BCUT2D eigenvalue weighted by Crippen LogP contribution is -2.30. The van der Waals surface area contributed by atoms with E-state index in [0.29, 0.717) is 4.57 Å². The summed E-state index contributed by atoms with van der Waals surface area (Å²) < 4.78 is 26.8. The topological polar surface area (TPSA) is 75.1 Å². The Bertz CT molecular complexity index is 734. The van der Waals surface area contributed by atoms with Gasteiger partial charge in [0.25, 0.3) is 5.56 Å². The van der Waals surface area contributed by atoms with Gasteiger partial charge in [-0.25, -0.2) is 13.8 Å². The zero-order valence-corrected chi connectivity index (χ0v) is 9.20. The Morgan fingerprint density at radius 2 is 1.94 bits per heavy atom. The van der Waals surface area contributed by atoms with E-state index in [1.54, 1.807) is 4.98 Å². The van der Waals surface area contributed by atoms with Crippen LogP contribution in [0.4, 0.5) is 8.78 Å². The Kier molecular flexibility index (Phi) is 2.74. The average molecular weight is 254 g/mol. The fourth-order valence-corrected chi connectivity index (χ4v) is 1.51. The van der Waals surface area contributed by atoms with E-state index in [1.807, 2.05) is 0 Å². The van der Waals surface area contributed by atoms with Gasteiger partial charge in [0, 0.05) is 0 Å². The zero-order chi connectivity index (χ0) is 13.4. The van der Waals surface area contributed by atoms with Crippen molar-refractivity contribution in [1.82, 2.24) is 9.55 Å². The maximum Gasteiger partial charge on any atom is 0.335 e. The van der Waals surface area contributed by atoms with Crippen LogP contribution in [-0.2, 0) is 0 Å². The standard InChI is InChI=1S/C11H8F2N2O3/c1-5-4-6(2-3-7(5)12)15-10(17)8(13)9(16)14-11(15)18/h2-4,17H,1H3,(H,14,16,18). The van der Waals surface area contributed by atoms with Crippen LogP contribution in [0.15, 0.2) is 27.8 Å². The van der Waals surface area contributed by atoms with Crippen LogP contribution >= 0.6 is 0 Å². The Hall–Kier alpha value is -2.44. The Labute approximate surface area is 99.0 Å². The van der Waals surface area contributed by atoms with Crippen LogP contribution in [0.1, 0.15) is 5.56 Å². The lowest BCUT2D eigenvalue weighted by Gasteiger charge is -2.08. The summed E-state index contributed by atoms with van der Waals surface area (Å²) in [5.74, 6) is -3.09. The second-order valence-electron chi connectivity index (χ2n) is 3.67. The molecule has 7 heteroatoms. The van der Waals surface area contributed by atoms with Crippen LogP contribution in [0.2, 0.25) is 0 Å². The second kappa shape index (κ2) is 4.10. The van der Waals surface area contributed by atoms with Crippen LogP contribution in [0.25, 0.3) is 5.69 Å². The number of benzene rings is 1. The third kappa shape index (κ3) is 1.79. The first-order valence-electron chi connectivity index (χ1n) is 4.92. The molecule has 0 aliphatic carbocycles. The van der Waals surface area contributed by atoms with Gasteiger partial charge in [-0.3, -0.25) is 9.78 Å². The molecule has 0 amide bonds. The van der Waals surface area contributed by atoms with Crippen molar-refractivity contribution in [1.29, 1.82) is 0 Å². The molecule has 0 fully saturated rings. The van der Waals surface area contributed by atoms with Gasteiger partial charge < -0.3 is 5.11 Å². The summed E-state index contributed by atoms with van der Waals surface area (Å²) in [5.41, 5.74) is -2.06. The molecule has 1 heterocycles. The van der Waals surface area contributed by atoms with Crippen LogP contribution in [0.3, 0.4) is 0 Å². The van der Waals surface area contributed by atoms with Crippen LogP contribution in [0, 0.1) is 18.6 Å². The molecule has 0 unspecified atom stereocenters. The number of H-pyrrole nitrogens is 1. The number of nitrogens with zero attached hydrogens (tertiary/aromatic N) is 1. The quantitative estimate of drug-likeness (QED) is 0.791. The van der Waals surface area contributed by atoms with Gasteiger partial charge in [-0.1, -0.05) is 0 Å². The van der Waals surface area contributed by atoms with Crippen LogP contribution < -0.4 is 11.2 Å². The van der Waals surface area contributed by atoms with Gasteiger partial charge in [-0.2, -0.15) is 4.39 Å². The van der Waals surface area contributed by atoms with Gasteiger partial charge in [0.1, 0.15) is 5.82 Å². The number of aromatic hydroxyl groups is 1. The minimum atomic E-state index is -1.48.